The van der Waals surface area contributed by atoms with Gasteiger partial charge in [0.15, 0.2) is 5.78 Å². The molecule has 29 heavy (non-hydrogen) atoms. The number of hydrogen-bond donors (Lipinski definition) is 1. The summed E-state index contributed by atoms with van der Waals surface area (Å²) in [6.07, 6.45) is -0.313. The van der Waals surface area contributed by atoms with Crippen LogP contribution < -0.4 is 0 Å². The molecule has 2 heterocycles. The van der Waals surface area contributed by atoms with Crippen molar-refractivity contribution in [1.82, 2.24) is 9.80 Å². The van der Waals surface area contributed by atoms with Crippen molar-refractivity contribution in [2.45, 2.75) is 65.1 Å². The largest absolute Gasteiger partial charge is 0.511 e. The van der Waals surface area contributed by atoms with Gasteiger partial charge in [0.25, 0.3) is 0 Å². The van der Waals surface area contributed by atoms with E-state index in [0.717, 1.165) is 0 Å². The minimum atomic E-state index is -0.809. The topological polar surface area (TPSA) is 113 Å². The standard InChI is InChI=1S/C20H30N2O7/c1-13-12-15(24)17(18(26)28-13)14(23)6-5-7-16(25)21-8-10-22(11-9-21)19(27)29-20(2,3)4/h13,23H,5-12H2,1-4H3/b17-14+/t13-/m1/s1. The van der Waals surface area contributed by atoms with E-state index in [1.54, 1.807) is 37.5 Å². The number of allylic oxidation sites excluding steroid dienone is 1. The molecule has 162 valence electrons. The summed E-state index contributed by atoms with van der Waals surface area (Å²) in [5.74, 6) is -1.67. The minimum absolute atomic E-state index is 0.0476. The smallest absolute Gasteiger partial charge is 0.410 e. The Hall–Kier alpha value is -2.58. The van der Waals surface area contributed by atoms with Crippen molar-refractivity contribution in [2.75, 3.05) is 26.2 Å². The van der Waals surface area contributed by atoms with Crippen LogP contribution in [0.2, 0.25) is 0 Å². The highest BCUT2D eigenvalue weighted by atomic mass is 16.6. The summed E-state index contributed by atoms with van der Waals surface area (Å²) in [6, 6.07) is 0. The summed E-state index contributed by atoms with van der Waals surface area (Å²) in [6.45, 7) is 8.64. The number of esters is 1. The number of rotatable bonds is 4. The van der Waals surface area contributed by atoms with Crippen LogP contribution in [0, 0.1) is 0 Å². The molecule has 9 nitrogen and oxygen atoms in total. The lowest BCUT2D eigenvalue weighted by molar-refractivity contribution is -0.150. The van der Waals surface area contributed by atoms with Crippen molar-refractivity contribution in [3.8, 4) is 0 Å². The van der Waals surface area contributed by atoms with E-state index >= 15 is 0 Å². The number of carbonyl (C=O) groups is 4. The average Bonchev–Trinajstić information content (AvgIpc) is 2.59. The molecule has 2 aliphatic rings. The fraction of sp³-hybridized carbons (Fsp3) is 0.700. The Morgan fingerprint density at radius 1 is 1.10 bits per heavy atom. The van der Waals surface area contributed by atoms with Crippen molar-refractivity contribution < 1.29 is 33.8 Å². The van der Waals surface area contributed by atoms with Crippen molar-refractivity contribution in [3.63, 3.8) is 0 Å². The van der Waals surface area contributed by atoms with Crippen molar-refractivity contribution in [2.24, 2.45) is 0 Å². The number of cyclic esters (lactones) is 1. The van der Waals surface area contributed by atoms with Gasteiger partial charge < -0.3 is 24.4 Å². The lowest BCUT2D eigenvalue weighted by Crippen LogP contribution is -2.51. The molecule has 0 spiro atoms. The van der Waals surface area contributed by atoms with E-state index < -0.39 is 23.5 Å². The Kier molecular flexibility index (Phi) is 7.26. The Labute approximate surface area is 170 Å². The molecule has 2 aliphatic heterocycles. The van der Waals surface area contributed by atoms with Crippen LogP contribution in [0.3, 0.4) is 0 Å². The zero-order valence-electron chi connectivity index (χ0n) is 17.5. The molecule has 0 radical (unpaired) electrons. The van der Waals surface area contributed by atoms with Gasteiger partial charge in [0.2, 0.25) is 5.91 Å². The Balaban J connectivity index is 1.78. The van der Waals surface area contributed by atoms with Crippen LogP contribution in [-0.4, -0.2) is 76.5 Å². The highest BCUT2D eigenvalue weighted by molar-refractivity contribution is 6.19. The predicted molar refractivity (Wildman–Crippen MR) is 103 cm³/mol. The van der Waals surface area contributed by atoms with E-state index in [2.05, 4.69) is 0 Å². The average molecular weight is 410 g/mol. The van der Waals surface area contributed by atoms with E-state index in [1.165, 1.54) is 0 Å². The van der Waals surface area contributed by atoms with Gasteiger partial charge in [-0.15, -0.1) is 0 Å². The number of ether oxygens (including phenoxy) is 2. The van der Waals surface area contributed by atoms with E-state index in [0.29, 0.717) is 32.6 Å². The fourth-order valence-electron chi connectivity index (χ4n) is 3.19. The molecule has 9 heteroatoms. The van der Waals surface area contributed by atoms with Gasteiger partial charge >= 0.3 is 12.1 Å². The molecular weight excluding hydrogens is 380 g/mol. The number of aliphatic hydroxyl groups excluding tert-OH is 1. The van der Waals surface area contributed by atoms with Gasteiger partial charge in [0.1, 0.15) is 23.0 Å². The minimum Gasteiger partial charge on any atom is -0.511 e. The van der Waals surface area contributed by atoms with Crippen molar-refractivity contribution in [3.05, 3.63) is 11.3 Å². The van der Waals surface area contributed by atoms with Crippen LogP contribution in [-0.2, 0) is 23.9 Å². The molecule has 0 aromatic carbocycles. The predicted octanol–water partition coefficient (Wildman–Crippen LogP) is 1.95. The first-order chi connectivity index (χ1) is 13.5. The first kappa shape index (κ1) is 22.7. The fourth-order valence-corrected chi connectivity index (χ4v) is 3.19. The van der Waals surface area contributed by atoms with Crippen molar-refractivity contribution in [1.29, 1.82) is 0 Å². The number of Topliss-reactive ketones (excluding diaryl/α,β-unsaturated/α-hetero) is 1. The molecule has 2 fully saturated rings. The van der Waals surface area contributed by atoms with Gasteiger partial charge in [-0.05, 0) is 34.1 Å². The number of ketones is 1. The number of hydrogen-bond acceptors (Lipinski definition) is 7. The Bertz CT molecular complexity index is 680. The summed E-state index contributed by atoms with van der Waals surface area (Å²) >= 11 is 0. The summed E-state index contributed by atoms with van der Waals surface area (Å²) in [4.78, 5) is 51.4. The number of aliphatic hydroxyl groups is 1. The number of nitrogens with zero attached hydrogens (tertiary/aromatic N) is 2. The first-order valence-electron chi connectivity index (χ1n) is 9.90. The molecule has 1 N–H and O–H groups in total. The number of piperazine rings is 1. The van der Waals surface area contributed by atoms with Gasteiger partial charge in [-0.3, -0.25) is 9.59 Å². The molecule has 2 amide bonds. The zero-order chi connectivity index (χ0) is 21.8. The molecule has 0 unspecified atom stereocenters. The molecular formula is C20H30N2O7. The summed E-state index contributed by atoms with van der Waals surface area (Å²) in [7, 11) is 0. The second-order valence-corrected chi connectivity index (χ2v) is 8.37. The van der Waals surface area contributed by atoms with E-state index in [-0.39, 0.29) is 42.6 Å². The van der Waals surface area contributed by atoms with Gasteiger partial charge in [-0.25, -0.2) is 9.59 Å². The summed E-state index contributed by atoms with van der Waals surface area (Å²) in [5.41, 5.74) is -0.869. The molecule has 2 rings (SSSR count). The van der Waals surface area contributed by atoms with E-state index in [1.807, 2.05) is 0 Å². The third-order valence-electron chi connectivity index (χ3n) is 4.64. The molecule has 0 aromatic heterocycles. The molecule has 0 aliphatic carbocycles. The summed E-state index contributed by atoms with van der Waals surface area (Å²) < 4.78 is 10.3. The van der Waals surface area contributed by atoms with Crippen LogP contribution in [0.1, 0.15) is 53.4 Å². The second-order valence-electron chi connectivity index (χ2n) is 8.37. The van der Waals surface area contributed by atoms with Crippen LogP contribution in [0.25, 0.3) is 0 Å². The second kappa shape index (κ2) is 9.28. The van der Waals surface area contributed by atoms with E-state index in [4.69, 9.17) is 9.47 Å². The normalized spacial score (nSPS) is 22.3. The molecule has 0 saturated carbocycles. The monoisotopic (exact) mass is 410 g/mol. The van der Waals surface area contributed by atoms with Gasteiger partial charge in [-0.2, -0.15) is 0 Å². The lowest BCUT2D eigenvalue weighted by atomic mass is 9.99. The van der Waals surface area contributed by atoms with Crippen molar-refractivity contribution >= 4 is 23.8 Å². The van der Waals surface area contributed by atoms with Gasteiger partial charge in [0.05, 0.1) is 0 Å². The summed E-state index contributed by atoms with van der Waals surface area (Å²) in [5, 5.41) is 10.1. The van der Waals surface area contributed by atoms with Gasteiger partial charge in [-0.1, -0.05) is 0 Å². The highest BCUT2D eigenvalue weighted by Gasteiger charge is 2.33. The molecule has 1 atom stereocenters. The van der Waals surface area contributed by atoms with Gasteiger partial charge in [0, 0.05) is 45.4 Å². The maximum atomic E-state index is 12.4. The van der Waals surface area contributed by atoms with Crippen LogP contribution in [0.5, 0.6) is 0 Å². The highest BCUT2D eigenvalue weighted by Crippen LogP contribution is 2.21. The van der Waals surface area contributed by atoms with Crippen LogP contribution in [0.15, 0.2) is 11.3 Å². The Morgan fingerprint density at radius 2 is 1.69 bits per heavy atom. The third-order valence-corrected chi connectivity index (χ3v) is 4.64. The van der Waals surface area contributed by atoms with Crippen LogP contribution >= 0.6 is 0 Å². The van der Waals surface area contributed by atoms with Crippen LogP contribution in [0.4, 0.5) is 4.79 Å². The third kappa shape index (κ3) is 6.47. The SMILES string of the molecule is C[C@@H]1CC(=O)/C(=C(\O)CCCC(=O)N2CCN(C(=O)OC(C)(C)C)CC2)C(=O)O1. The Morgan fingerprint density at radius 3 is 2.24 bits per heavy atom. The maximum absolute atomic E-state index is 12.4. The lowest BCUT2D eigenvalue weighted by Gasteiger charge is -2.35. The number of carbonyl (C=O) groups excluding carboxylic acids is 4. The molecule has 0 aromatic rings. The molecule has 0 bridgehead atoms. The first-order valence-corrected chi connectivity index (χ1v) is 9.90. The van der Waals surface area contributed by atoms with E-state index in [9.17, 15) is 24.3 Å². The number of amides is 2. The zero-order valence-corrected chi connectivity index (χ0v) is 17.5. The molecule has 2 saturated heterocycles. The maximum Gasteiger partial charge on any atom is 0.410 e. The quantitative estimate of drug-likeness (QED) is 0.326.